The van der Waals surface area contributed by atoms with E-state index in [0.29, 0.717) is 0 Å². The van der Waals surface area contributed by atoms with Gasteiger partial charge in [-0.2, -0.15) is 0 Å². The summed E-state index contributed by atoms with van der Waals surface area (Å²) in [6, 6.07) is 0.286. The van der Waals surface area contributed by atoms with Crippen LogP contribution in [0.15, 0.2) is 0 Å². The minimum Gasteiger partial charge on any atom is -0.480 e. The van der Waals surface area contributed by atoms with Crippen molar-refractivity contribution in [1.82, 2.24) is 4.90 Å². The van der Waals surface area contributed by atoms with Crippen molar-refractivity contribution in [3.8, 4) is 0 Å². The Kier molecular flexibility index (Phi) is 4.36. The molecule has 3 nitrogen and oxygen atoms in total. The second kappa shape index (κ2) is 5.17. The summed E-state index contributed by atoms with van der Waals surface area (Å²) in [4.78, 5) is 13.6. The van der Waals surface area contributed by atoms with Crippen molar-refractivity contribution in [2.24, 2.45) is 5.92 Å². The maximum absolute atomic E-state index is 11.6. The predicted octanol–water partition coefficient (Wildman–Crippen LogP) is 2.75. The molecule has 3 heteroatoms. The molecule has 0 bridgehead atoms. The summed E-state index contributed by atoms with van der Waals surface area (Å²) in [5, 5.41) is 9.53. The second-order valence-electron chi connectivity index (χ2n) is 5.39. The first-order chi connectivity index (χ1) is 7.44. The van der Waals surface area contributed by atoms with E-state index in [-0.39, 0.29) is 6.04 Å². The van der Waals surface area contributed by atoms with Gasteiger partial charge in [-0.25, -0.2) is 0 Å². The van der Waals surface area contributed by atoms with Crippen LogP contribution >= 0.6 is 0 Å². The molecular formula is C13H25NO2. The standard InChI is InChI=1S/C13H25NO2/c1-5-11-6-8-13(9-7-11,12(15)16)14(4)10(2)3/h10-11H,5-9H2,1-4H3,(H,15,16). The molecule has 0 amide bonds. The van der Waals surface area contributed by atoms with Crippen LogP contribution in [0.5, 0.6) is 0 Å². The summed E-state index contributed by atoms with van der Waals surface area (Å²) in [5.74, 6) is 0.0892. The van der Waals surface area contributed by atoms with E-state index in [4.69, 9.17) is 0 Å². The first-order valence-corrected chi connectivity index (χ1v) is 6.40. The van der Waals surface area contributed by atoms with E-state index < -0.39 is 11.5 Å². The molecule has 0 heterocycles. The molecule has 1 aliphatic carbocycles. The average molecular weight is 227 g/mol. The van der Waals surface area contributed by atoms with Gasteiger partial charge in [0.15, 0.2) is 0 Å². The van der Waals surface area contributed by atoms with Crippen molar-refractivity contribution in [3.63, 3.8) is 0 Å². The van der Waals surface area contributed by atoms with Crippen molar-refractivity contribution in [2.45, 2.75) is 64.5 Å². The van der Waals surface area contributed by atoms with Gasteiger partial charge in [0.25, 0.3) is 0 Å². The van der Waals surface area contributed by atoms with Gasteiger partial charge in [0.05, 0.1) is 0 Å². The molecule has 0 radical (unpaired) electrons. The van der Waals surface area contributed by atoms with E-state index in [0.717, 1.165) is 31.6 Å². The average Bonchev–Trinajstić information content (AvgIpc) is 2.27. The molecule has 0 aliphatic heterocycles. The number of hydrogen-bond donors (Lipinski definition) is 1. The van der Waals surface area contributed by atoms with Gasteiger partial charge in [0, 0.05) is 6.04 Å². The zero-order chi connectivity index (χ0) is 12.3. The number of aliphatic carboxylic acids is 1. The van der Waals surface area contributed by atoms with Crippen LogP contribution in [0.25, 0.3) is 0 Å². The monoisotopic (exact) mass is 227 g/mol. The van der Waals surface area contributed by atoms with Crippen LogP contribution in [0.4, 0.5) is 0 Å². The Labute approximate surface area is 98.8 Å². The largest absolute Gasteiger partial charge is 0.480 e. The lowest BCUT2D eigenvalue weighted by Crippen LogP contribution is -2.57. The highest BCUT2D eigenvalue weighted by Gasteiger charge is 2.45. The normalized spacial score (nSPS) is 31.0. The molecule has 0 spiro atoms. The van der Waals surface area contributed by atoms with Gasteiger partial charge < -0.3 is 5.11 Å². The minimum atomic E-state index is -0.641. The number of hydrogen-bond acceptors (Lipinski definition) is 2. The van der Waals surface area contributed by atoms with Crippen LogP contribution in [0.2, 0.25) is 0 Å². The Hall–Kier alpha value is -0.570. The lowest BCUT2D eigenvalue weighted by Gasteiger charge is -2.45. The Bertz CT molecular complexity index is 242. The van der Waals surface area contributed by atoms with Crippen LogP contribution in [-0.4, -0.2) is 34.6 Å². The van der Waals surface area contributed by atoms with Gasteiger partial charge in [0.1, 0.15) is 5.54 Å². The minimum absolute atomic E-state index is 0.286. The van der Waals surface area contributed by atoms with Crippen molar-refractivity contribution in [2.75, 3.05) is 7.05 Å². The summed E-state index contributed by atoms with van der Waals surface area (Å²) in [7, 11) is 1.95. The lowest BCUT2D eigenvalue weighted by molar-refractivity contribution is -0.155. The topological polar surface area (TPSA) is 40.5 Å². The molecule has 0 aromatic carbocycles. The highest BCUT2D eigenvalue weighted by Crippen LogP contribution is 2.38. The Balaban J connectivity index is 2.80. The van der Waals surface area contributed by atoms with Crippen LogP contribution in [0.3, 0.4) is 0 Å². The molecule has 1 rings (SSSR count). The molecule has 0 aromatic heterocycles. The number of carboxylic acid groups (broad SMARTS) is 1. The molecule has 0 saturated heterocycles. The van der Waals surface area contributed by atoms with Crippen LogP contribution < -0.4 is 0 Å². The SMILES string of the molecule is CCC1CCC(C(=O)O)(N(C)C(C)C)CC1. The number of rotatable bonds is 4. The summed E-state index contributed by atoms with van der Waals surface area (Å²) >= 11 is 0. The third kappa shape index (κ3) is 2.40. The van der Waals surface area contributed by atoms with Crippen LogP contribution in [-0.2, 0) is 4.79 Å². The van der Waals surface area contributed by atoms with Crippen LogP contribution in [0, 0.1) is 5.92 Å². The van der Waals surface area contributed by atoms with E-state index in [1.807, 2.05) is 11.9 Å². The second-order valence-corrected chi connectivity index (χ2v) is 5.39. The van der Waals surface area contributed by atoms with E-state index >= 15 is 0 Å². The fourth-order valence-electron chi connectivity index (χ4n) is 2.78. The Morgan fingerprint density at radius 2 is 1.94 bits per heavy atom. The zero-order valence-electron chi connectivity index (χ0n) is 11.0. The van der Waals surface area contributed by atoms with Crippen molar-refractivity contribution >= 4 is 5.97 Å². The van der Waals surface area contributed by atoms with E-state index in [1.54, 1.807) is 0 Å². The molecule has 1 aliphatic rings. The molecule has 0 atom stereocenters. The van der Waals surface area contributed by atoms with Gasteiger partial charge in [-0.1, -0.05) is 13.3 Å². The molecule has 1 N–H and O–H groups in total. The molecule has 1 fully saturated rings. The molecule has 0 aromatic rings. The highest BCUT2D eigenvalue weighted by molar-refractivity contribution is 5.79. The molecule has 1 saturated carbocycles. The third-order valence-electron chi connectivity index (χ3n) is 4.36. The molecular weight excluding hydrogens is 202 g/mol. The van der Waals surface area contributed by atoms with Gasteiger partial charge in [-0.3, -0.25) is 9.69 Å². The number of carbonyl (C=O) groups is 1. The van der Waals surface area contributed by atoms with Crippen molar-refractivity contribution < 1.29 is 9.90 Å². The maximum atomic E-state index is 11.6. The number of carboxylic acids is 1. The van der Waals surface area contributed by atoms with Crippen molar-refractivity contribution in [3.05, 3.63) is 0 Å². The zero-order valence-corrected chi connectivity index (χ0v) is 11.0. The maximum Gasteiger partial charge on any atom is 0.324 e. The Morgan fingerprint density at radius 3 is 2.25 bits per heavy atom. The smallest absolute Gasteiger partial charge is 0.324 e. The quantitative estimate of drug-likeness (QED) is 0.803. The Morgan fingerprint density at radius 1 is 1.44 bits per heavy atom. The van der Waals surface area contributed by atoms with E-state index in [9.17, 15) is 9.90 Å². The van der Waals surface area contributed by atoms with E-state index in [1.165, 1.54) is 6.42 Å². The third-order valence-corrected chi connectivity index (χ3v) is 4.36. The molecule has 94 valence electrons. The van der Waals surface area contributed by atoms with Gasteiger partial charge in [-0.15, -0.1) is 0 Å². The molecule has 16 heavy (non-hydrogen) atoms. The summed E-state index contributed by atoms with van der Waals surface area (Å²) in [6.07, 6.45) is 4.89. The van der Waals surface area contributed by atoms with Gasteiger partial charge >= 0.3 is 5.97 Å². The number of likely N-dealkylation sites (N-methyl/N-ethyl adjacent to an activating group) is 1. The fraction of sp³-hybridized carbons (Fsp3) is 0.923. The first-order valence-electron chi connectivity index (χ1n) is 6.40. The predicted molar refractivity (Wildman–Crippen MR) is 65.5 cm³/mol. The summed E-state index contributed by atoms with van der Waals surface area (Å²) in [6.45, 7) is 6.33. The number of nitrogens with zero attached hydrogens (tertiary/aromatic N) is 1. The fourth-order valence-corrected chi connectivity index (χ4v) is 2.78. The van der Waals surface area contributed by atoms with Gasteiger partial charge in [0.2, 0.25) is 0 Å². The summed E-state index contributed by atoms with van der Waals surface area (Å²) < 4.78 is 0. The van der Waals surface area contributed by atoms with Crippen molar-refractivity contribution in [1.29, 1.82) is 0 Å². The lowest BCUT2D eigenvalue weighted by atomic mass is 9.74. The molecule has 0 unspecified atom stereocenters. The van der Waals surface area contributed by atoms with E-state index in [2.05, 4.69) is 20.8 Å². The summed E-state index contributed by atoms with van der Waals surface area (Å²) in [5.41, 5.74) is -0.611. The van der Waals surface area contributed by atoms with Gasteiger partial charge in [-0.05, 0) is 52.5 Å². The first kappa shape index (κ1) is 13.5. The van der Waals surface area contributed by atoms with Crippen LogP contribution in [0.1, 0.15) is 52.9 Å². The highest BCUT2D eigenvalue weighted by atomic mass is 16.4.